The largest absolute Gasteiger partial charge is 0.397 e. The predicted molar refractivity (Wildman–Crippen MR) is 52.9 cm³/mol. The van der Waals surface area contributed by atoms with Crippen LogP contribution in [0.1, 0.15) is 10.4 Å². The molecule has 3 amide bonds. The zero-order valence-corrected chi connectivity index (χ0v) is 7.84. The minimum Gasteiger partial charge on any atom is -0.397 e. The fourth-order valence-electron chi connectivity index (χ4n) is 0.914. The number of primary amides is 1. The molecule has 0 aliphatic carbocycles. The van der Waals surface area contributed by atoms with Gasteiger partial charge < -0.3 is 11.5 Å². The van der Waals surface area contributed by atoms with Crippen LogP contribution in [0, 0.1) is 0 Å². The van der Waals surface area contributed by atoms with E-state index in [4.69, 9.17) is 23.1 Å². The van der Waals surface area contributed by atoms with Gasteiger partial charge in [-0.25, -0.2) is 4.79 Å². The number of carbonyl (C=O) groups excluding carboxylic acids is 2. The van der Waals surface area contributed by atoms with E-state index in [0.717, 1.165) is 0 Å². The molecule has 14 heavy (non-hydrogen) atoms. The molecule has 74 valence electrons. The lowest BCUT2D eigenvalue weighted by atomic mass is 10.1. The number of halogens is 1. The van der Waals surface area contributed by atoms with Crippen molar-refractivity contribution in [2.45, 2.75) is 0 Å². The number of imide groups is 1. The van der Waals surface area contributed by atoms with Crippen LogP contribution in [0.4, 0.5) is 10.5 Å². The molecule has 6 heteroatoms. The van der Waals surface area contributed by atoms with Crippen LogP contribution in [0.5, 0.6) is 0 Å². The van der Waals surface area contributed by atoms with Crippen molar-refractivity contribution >= 4 is 29.2 Å². The monoisotopic (exact) mass is 213 g/mol. The molecule has 0 saturated carbocycles. The standard InChI is InChI=1S/C8H8ClN3O2/c9-5-3-1-2-4(6(5)10)7(13)12-8(11)14/h1-3H,10H2,(H3,11,12,13,14). The minimum atomic E-state index is -0.936. The second-order valence-corrected chi connectivity index (χ2v) is 2.93. The SMILES string of the molecule is NC(=O)NC(=O)c1cccc(Cl)c1N. The van der Waals surface area contributed by atoms with Crippen molar-refractivity contribution < 1.29 is 9.59 Å². The number of anilines is 1. The average molecular weight is 214 g/mol. The Balaban J connectivity index is 3.01. The van der Waals surface area contributed by atoms with Gasteiger partial charge in [-0.05, 0) is 12.1 Å². The van der Waals surface area contributed by atoms with Crippen molar-refractivity contribution in [3.63, 3.8) is 0 Å². The number of nitrogens with two attached hydrogens (primary N) is 2. The quantitative estimate of drug-likeness (QED) is 0.600. The van der Waals surface area contributed by atoms with E-state index in [1.807, 2.05) is 5.32 Å². The smallest absolute Gasteiger partial charge is 0.319 e. The molecular weight excluding hydrogens is 206 g/mol. The molecule has 5 N–H and O–H groups in total. The number of rotatable bonds is 1. The second-order valence-electron chi connectivity index (χ2n) is 2.52. The predicted octanol–water partition coefficient (Wildman–Crippen LogP) is 0.731. The number of hydrogen-bond donors (Lipinski definition) is 3. The first kappa shape index (κ1) is 10.3. The van der Waals surface area contributed by atoms with Gasteiger partial charge in [0, 0.05) is 0 Å². The highest BCUT2D eigenvalue weighted by Gasteiger charge is 2.12. The number of benzene rings is 1. The molecule has 5 nitrogen and oxygen atoms in total. The molecule has 1 aromatic rings. The topological polar surface area (TPSA) is 98.2 Å². The Morgan fingerprint density at radius 1 is 1.36 bits per heavy atom. The van der Waals surface area contributed by atoms with Gasteiger partial charge in [0.15, 0.2) is 0 Å². The van der Waals surface area contributed by atoms with E-state index in [1.54, 1.807) is 6.07 Å². The molecule has 0 atom stereocenters. The second kappa shape index (κ2) is 3.97. The lowest BCUT2D eigenvalue weighted by Crippen LogP contribution is -2.35. The first-order valence-electron chi connectivity index (χ1n) is 3.67. The van der Waals surface area contributed by atoms with E-state index in [1.165, 1.54) is 12.1 Å². The summed E-state index contributed by atoms with van der Waals surface area (Å²) in [6.07, 6.45) is 0. The molecule has 0 heterocycles. The van der Waals surface area contributed by atoms with E-state index in [-0.39, 0.29) is 16.3 Å². The van der Waals surface area contributed by atoms with Gasteiger partial charge in [0.05, 0.1) is 16.3 Å². The number of carbonyl (C=O) groups is 2. The van der Waals surface area contributed by atoms with Crippen LogP contribution in [0.25, 0.3) is 0 Å². The van der Waals surface area contributed by atoms with Crippen LogP contribution < -0.4 is 16.8 Å². The van der Waals surface area contributed by atoms with Gasteiger partial charge in [-0.2, -0.15) is 0 Å². The fourth-order valence-corrected chi connectivity index (χ4v) is 1.09. The van der Waals surface area contributed by atoms with Crippen molar-refractivity contribution in [1.82, 2.24) is 5.32 Å². The molecule has 0 aromatic heterocycles. The number of nitrogen functional groups attached to an aromatic ring is 1. The molecule has 0 fully saturated rings. The van der Waals surface area contributed by atoms with Crippen LogP contribution in [0.15, 0.2) is 18.2 Å². The molecule has 0 radical (unpaired) electrons. The maximum absolute atomic E-state index is 11.3. The summed E-state index contributed by atoms with van der Waals surface area (Å²) in [5.41, 5.74) is 10.5. The van der Waals surface area contributed by atoms with Crippen molar-refractivity contribution in [2.75, 3.05) is 5.73 Å². The van der Waals surface area contributed by atoms with Crippen molar-refractivity contribution in [2.24, 2.45) is 5.73 Å². The third-order valence-electron chi connectivity index (χ3n) is 1.53. The summed E-state index contributed by atoms with van der Waals surface area (Å²) in [6.45, 7) is 0. The first-order valence-corrected chi connectivity index (χ1v) is 4.05. The van der Waals surface area contributed by atoms with Crippen LogP contribution in [0.2, 0.25) is 5.02 Å². The Hall–Kier alpha value is -1.75. The maximum atomic E-state index is 11.3. The lowest BCUT2D eigenvalue weighted by molar-refractivity contribution is 0.0967. The Bertz CT molecular complexity index is 392. The Labute approximate surface area is 85.0 Å². The summed E-state index contributed by atoms with van der Waals surface area (Å²) >= 11 is 5.67. The van der Waals surface area contributed by atoms with Crippen LogP contribution in [-0.2, 0) is 0 Å². The summed E-state index contributed by atoms with van der Waals surface area (Å²) in [7, 11) is 0. The van der Waals surface area contributed by atoms with Crippen LogP contribution >= 0.6 is 11.6 Å². The van der Waals surface area contributed by atoms with E-state index in [0.29, 0.717) is 0 Å². The van der Waals surface area contributed by atoms with E-state index >= 15 is 0 Å². The highest BCUT2D eigenvalue weighted by atomic mass is 35.5. The Kier molecular flexibility index (Phi) is 2.93. The van der Waals surface area contributed by atoms with E-state index < -0.39 is 11.9 Å². The summed E-state index contributed by atoms with van der Waals surface area (Å²) in [4.78, 5) is 21.7. The maximum Gasteiger partial charge on any atom is 0.319 e. The normalized spacial score (nSPS) is 9.50. The molecule has 0 aliphatic rings. The van der Waals surface area contributed by atoms with E-state index in [9.17, 15) is 9.59 Å². The minimum absolute atomic E-state index is 0.118. The van der Waals surface area contributed by atoms with Gasteiger partial charge in [-0.3, -0.25) is 10.1 Å². The van der Waals surface area contributed by atoms with Crippen LogP contribution in [0.3, 0.4) is 0 Å². The third-order valence-corrected chi connectivity index (χ3v) is 1.86. The molecule has 1 rings (SSSR count). The van der Waals surface area contributed by atoms with E-state index in [2.05, 4.69) is 0 Å². The van der Waals surface area contributed by atoms with Gasteiger partial charge in [-0.1, -0.05) is 17.7 Å². The highest BCUT2D eigenvalue weighted by molar-refractivity contribution is 6.34. The van der Waals surface area contributed by atoms with Crippen molar-refractivity contribution in [3.05, 3.63) is 28.8 Å². The number of urea groups is 1. The molecule has 0 saturated heterocycles. The fraction of sp³-hybridized carbons (Fsp3) is 0. The molecular formula is C8H8ClN3O2. The third kappa shape index (κ3) is 2.14. The molecule has 1 aromatic carbocycles. The zero-order valence-electron chi connectivity index (χ0n) is 7.08. The number of amides is 3. The van der Waals surface area contributed by atoms with Gasteiger partial charge in [0.2, 0.25) is 0 Å². The van der Waals surface area contributed by atoms with Crippen LogP contribution in [-0.4, -0.2) is 11.9 Å². The first-order chi connectivity index (χ1) is 6.52. The van der Waals surface area contributed by atoms with Gasteiger partial charge in [0.1, 0.15) is 0 Å². The van der Waals surface area contributed by atoms with Crippen molar-refractivity contribution in [3.8, 4) is 0 Å². The molecule has 0 unspecified atom stereocenters. The average Bonchev–Trinajstić information content (AvgIpc) is 2.08. The molecule has 0 spiro atoms. The Morgan fingerprint density at radius 3 is 2.57 bits per heavy atom. The summed E-state index contributed by atoms with van der Waals surface area (Å²) in [6, 6.07) is 3.60. The summed E-state index contributed by atoms with van der Waals surface area (Å²) < 4.78 is 0. The number of nitrogens with one attached hydrogen (secondary N) is 1. The molecule has 0 aliphatic heterocycles. The zero-order chi connectivity index (χ0) is 10.7. The summed E-state index contributed by atoms with van der Waals surface area (Å²) in [5.74, 6) is -0.669. The lowest BCUT2D eigenvalue weighted by Gasteiger charge is -2.05. The van der Waals surface area contributed by atoms with Crippen molar-refractivity contribution in [1.29, 1.82) is 0 Å². The highest BCUT2D eigenvalue weighted by Crippen LogP contribution is 2.21. The number of hydrogen-bond acceptors (Lipinski definition) is 3. The van der Waals surface area contributed by atoms with Gasteiger partial charge in [-0.15, -0.1) is 0 Å². The van der Waals surface area contributed by atoms with Gasteiger partial charge in [0.25, 0.3) is 5.91 Å². The van der Waals surface area contributed by atoms with Gasteiger partial charge >= 0.3 is 6.03 Å². The number of para-hydroxylation sites is 1. The molecule has 0 bridgehead atoms. The summed E-state index contributed by atoms with van der Waals surface area (Å²) in [5, 5.41) is 2.14. The Morgan fingerprint density at radius 2 is 2.00 bits per heavy atom.